The lowest BCUT2D eigenvalue weighted by Crippen LogP contribution is -1.92. The van der Waals surface area contributed by atoms with E-state index in [4.69, 9.17) is 0 Å². The van der Waals surface area contributed by atoms with Crippen LogP contribution in [0.5, 0.6) is 0 Å². The highest BCUT2D eigenvalue weighted by atomic mass is 19.1. The van der Waals surface area contributed by atoms with Gasteiger partial charge >= 0.3 is 0 Å². The van der Waals surface area contributed by atoms with Gasteiger partial charge < -0.3 is 4.98 Å². The number of nitrogens with zero attached hydrogens (tertiary/aromatic N) is 3. The van der Waals surface area contributed by atoms with Gasteiger partial charge in [-0.2, -0.15) is 5.10 Å². The molecule has 0 unspecified atom stereocenters. The van der Waals surface area contributed by atoms with Gasteiger partial charge in [0.2, 0.25) is 0 Å². The van der Waals surface area contributed by atoms with E-state index in [1.165, 1.54) is 11.6 Å². The van der Waals surface area contributed by atoms with Crippen LogP contribution >= 0.6 is 0 Å². The minimum Gasteiger partial charge on any atom is -0.356 e. The van der Waals surface area contributed by atoms with Gasteiger partial charge in [-0.3, -0.25) is 15.1 Å². The highest BCUT2D eigenvalue weighted by molar-refractivity contribution is 6.10. The van der Waals surface area contributed by atoms with Gasteiger partial charge in [0.1, 0.15) is 11.5 Å². The van der Waals surface area contributed by atoms with Crippen LogP contribution in [0.15, 0.2) is 83.5 Å². The maximum atomic E-state index is 14.0. The van der Waals surface area contributed by atoms with E-state index in [-0.39, 0.29) is 5.82 Å². The van der Waals surface area contributed by atoms with E-state index in [0.29, 0.717) is 0 Å². The first kappa shape index (κ1) is 22.5. The zero-order valence-corrected chi connectivity index (χ0v) is 20.0. The molecule has 0 amide bonds. The molecule has 174 valence electrons. The third-order valence-electron chi connectivity index (χ3n) is 5.98. The fourth-order valence-corrected chi connectivity index (χ4v) is 4.43. The summed E-state index contributed by atoms with van der Waals surface area (Å²) >= 11 is 0. The SMILES string of the molecule is C=C(C)/C=C(\C=NC)c1cc2c(-c3cc4c([nH]3)CC(C)=CC=C4c3cccc(F)c3)n[nH]c2cn1. The molecule has 3 heterocycles. The topological polar surface area (TPSA) is 69.7 Å². The molecule has 1 aliphatic rings. The summed E-state index contributed by atoms with van der Waals surface area (Å²) in [5, 5.41) is 8.66. The predicted molar refractivity (Wildman–Crippen MR) is 142 cm³/mol. The number of aromatic nitrogens is 4. The Hall–Kier alpha value is -4.32. The summed E-state index contributed by atoms with van der Waals surface area (Å²) in [6, 6.07) is 10.8. The maximum Gasteiger partial charge on any atom is 0.123 e. The van der Waals surface area contributed by atoms with Crippen LogP contribution in [0.3, 0.4) is 0 Å². The number of rotatable bonds is 5. The third kappa shape index (κ3) is 4.43. The monoisotopic (exact) mass is 463 g/mol. The zero-order valence-electron chi connectivity index (χ0n) is 20.0. The van der Waals surface area contributed by atoms with Gasteiger partial charge in [-0.15, -0.1) is 0 Å². The smallest absolute Gasteiger partial charge is 0.123 e. The average molecular weight is 464 g/mol. The maximum absolute atomic E-state index is 14.0. The standard InChI is InChI=1S/C29H26FN5/c1-17(2)10-20(15-31-4)25-14-24-28(16-32-25)34-35-29(24)27-13-23-22(19-6-5-7-21(30)12-19)9-8-18(3)11-26(23)33-27/h5-10,12-16,33H,1,11H2,2-4H3,(H,34,35)/b20-10+,31-15?. The Kier molecular flexibility index (Phi) is 5.87. The molecule has 0 saturated heterocycles. The van der Waals surface area contributed by atoms with Gasteiger partial charge in [0, 0.05) is 41.9 Å². The molecule has 4 aromatic rings. The predicted octanol–water partition coefficient (Wildman–Crippen LogP) is 6.69. The van der Waals surface area contributed by atoms with Crippen LogP contribution in [0, 0.1) is 5.82 Å². The number of aromatic amines is 2. The van der Waals surface area contributed by atoms with E-state index in [1.54, 1.807) is 31.6 Å². The Morgan fingerprint density at radius 3 is 2.83 bits per heavy atom. The van der Waals surface area contributed by atoms with Crippen molar-refractivity contribution in [2.24, 2.45) is 4.99 Å². The number of halogens is 1. The van der Waals surface area contributed by atoms with Gasteiger partial charge in [-0.25, -0.2) is 4.39 Å². The number of allylic oxidation sites excluding steroid dienone is 6. The second-order valence-corrected chi connectivity index (χ2v) is 8.88. The van der Waals surface area contributed by atoms with Crippen molar-refractivity contribution >= 4 is 28.3 Å². The Morgan fingerprint density at radius 2 is 2.06 bits per heavy atom. The number of pyridine rings is 1. The van der Waals surface area contributed by atoms with Crippen molar-refractivity contribution in [1.29, 1.82) is 0 Å². The van der Waals surface area contributed by atoms with Crippen molar-refractivity contribution < 1.29 is 4.39 Å². The first-order chi connectivity index (χ1) is 16.9. The van der Waals surface area contributed by atoms with Crippen molar-refractivity contribution in [2.75, 3.05) is 7.05 Å². The van der Waals surface area contributed by atoms with Gasteiger partial charge in [-0.1, -0.05) is 42.0 Å². The molecule has 2 N–H and O–H groups in total. The highest BCUT2D eigenvalue weighted by Gasteiger charge is 2.20. The van der Waals surface area contributed by atoms with Gasteiger partial charge in [-0.05, 0) is 55.3 Å². The van der Waals surface area contributed by atoms with E-state index in [2.05, 4.69) is 56.9 Å². The van der Waals surface area contributed by atoms with Gasteiger partial charge in [0.25, 0.3) is 0 Å². The lowest BCUT2D eigenvalue weighted by molar-refractivity contribution is 0.627. The van der Waals surface area contributed by atoms with E-state index >= 15 is 0 Å². The molecule has 3 aromatic heterocycles. The van der Waals surface area contributed by atoms with Crippen LogP contribution in [0.2, 0.25) is 0 Å². The first-order valence-electron chi connectivity index (χ1n) is 11.4. The largest absolute Gasteiger partial charge is 0.356 e. The summed E-state index contributed by atoms with van der Waals surface area (Å²) in [7, 11) is 1.74. The Morgan fingerprint density at radius 1 is 1.20 bits per heavy atom. The molecule has 0 spiro atoms. The van der Waals surface area contributed by atoms with Crippen LogP contribution in [-0.2, 0) is 6.42 Å². The van der Waals surface area contributed by atoms with E-state index < -0.39 is 0 Å². The van der Waals surface area contributed by atoms with Crippen molar-refractivity contribution in [3.8, 4) is 11.4 Å². The number of benzene rings is 1. The Labute approximate surface area is 203 Å². The number of H-pyrrole nitrogens is 2. The minimum atomic E-state index is -0.252. The van der Waals surface area contributed by atoms with Gasteiger partial charge in [0.05, 0.1) is 23.1 Å². The van der Waals surface area contributed by atoms with Crippen molar-refractivity contribution in [1.82, 2.24) is 20.2 Å². The molecular weight excluding hydrogens is 437 g/mol. The summed E-state index contributed by atoms with van der Waals surface area (Å²) in [4.78, 5) is 12.4. The highest BCUT2D eigenvalue weighted by Crippen LogP contribution is 2.36. The Bertz CT molecular complexity index is 1580. The molecule has 0 atom stereocenters. The summed E-state index contributed by atoms with van der Waals surface area (Å²) in [5.41, 5.74) is 10.3. The average Bonchev–Trinajstić information content (AvgIpc) is 3.39. The number of hydrogen-bond acceptors (Lipinski definition) is 3. The van der Waals surface area contributed by atoms with Crippen molar-refractivity contribution in [3.05, 3.63) is 107 Å². The fourth-order valence-electron chi connectivity index (χ4n) is 4.43. The summed E-state index contributed by atoms with van der Waals surface area (Å²) < 4.78 is 14.0. The molecule has 0 fully saturated rings. The molecule has 6 heteroatoms. The molecule has 1 aliphatic carbocycles. The lowest BCUT2D eigenvalue weighted by Gasteiger charge is -2.07. The molecule has 0 aliphatic heterocycles. The summed E-state index contributed by atoms with van der Waals surface area (Å²) in [6.45, 7) is 8.03. The second-order valence-electron chi connectivity index (χ2n) is 8.88. The number of nitrogens with one attached hydrogen (secondary N) is 2. The normalized spacial score (nSPS) is 14.1. The quantitative estimate of drug-likeness (QED) is 0.256. The van der Waals surface area contributed by atoms with Crippen LogP contribution in [0.4, 0.5) is 4.39 Å². The molecule has 5 rings (SSSR count). The molecule has 0 saturated carbocycles. The van der Waals surface area contributed by atoms with E-state index in [9.17, 15) is 4.39 Å². The molecule has 35 heavy (non-hydrogen) atoms. The van der Waals surface area contributed by atoms with E-state index in [1.807, 2.05) is 25.1 Å². The molecule has 1 aromatic carbocycles. The molecular formula is C29H26FN5. The number of hydrogen-bond donors (Lipinski definition) is 2. The van der Waals surface area contributed by atoms with Gasteiger partial charge in [0.15, 0.2) is 0 Å². The fraction of sp³-hybridized carbons (Fsp3) is 0.138. The molecule has 0 bridgehead atoms. The first-order valence-corrected chi connectivity index (χ1v) is 11.4. The summed E-state index contributed by atoms with van der Waals surface area (Å²) in [6.07, 6.45) is 10.5. The molecule has 0 radical (unpaired) electrons. The van der Waals surface area contributed by atoms with Crippen molar-refractivity contribution in [3.63, 3.8) is 0 Å². The molecule has 5 nitrogen and oxygen atoms in total. The lowest BCUT2D eigenvalue weighted by atomic mass is 9.97. The third-order valence-corrected chi connectivity index (χ3v) is 5.98. The Balaban J connectivity index is 1.64. The van der Waals surface area contributed by atoms with Crippen LogP contribution in [0.1, 0.15) is 36.4 Å². The second kappa shape index (κ2) is 9.14. The van der Waals surface area contributed by atoms with Crippen molar-refractivity contribution in [2.45, 2.75) is 20.3 Å². The number of fused-ring (bicyclic) bond motifs is 2. The minimum absolute atomic E-state index is 0.252. The van der Waals surface area contributed by atoms with Crippen LogP contribution < -0.4 is 0 Å². The van der Waals surface area contributed by atoms with E-state index in [0.717, 1.165) is 67.9 Å². The number of aliphatic imine (C=N–C) groups is 1. The van der Waals surface area contributed by atoms with Crippen LogP contribution in [0.25, 0.3) is 33.4 Å². The zero-order chi connectivity index (χ0) is 24.5. The summed E-state index contributed by atoms with van der Waals surface area (Å²) in [5.74, 6) is -0.252. The van der Waals surface area contributed by atoms with Crippen LogP contribution in [-0.4, -0.2) is 33.4 Å².